The molecular weight excluding hydrogens is 350 g/mol. The van der Waals surface area contributed by atoms with Crippen LogP contribution in [-0.4, -0.2) is 16.5 Å². The summed E-state index contributed by atoms with van der Waals surface area (Å²) in [5.74, 6) is 1.74. The molecule has 1 atom stereocenters. The minimum atomic E-state index is 0.348. The number of anilines is 1. The van der Waals surface area contributed by atoms with Crippen LogP contribution in [0.2, 0.25) is 5.28 Å². The molecule has 1 aliphatic rings. The van der Waals surface area contributed by atoms with Gasteiger partial charge >= 0.3 is 0 Å². The van der Waals surface area contributed by atoms with Gasteiger partial charge in [-0.3, -0.25) is 0 Å². The number of rotatable bonds is 4. The average Bonchev–Trinajstić information content (AvgIpc) is 2.96. The van der Waals surface area contributed by atoms with E-state index < -0.39 is 0 Å². The maximum absolute atomic E-state index is 6.28. The zero-order valence-electron chi connectivity index (χ0n) is 14.6. The molecule has 0 saturated carbocycles. The highest BCUT2D eigenvalue weighted by atomic mass is 35.5. The van der Waals surface area contributed by atoms with Crippen molar-refractivity contribution in [3.8, 4) is 0 Å². The molecule has 25 heavy (non-hydrogen) atoms. The zero-order chi connectivity index (χ0) is 17.4. The fourth-order valence-electron chi connectivity index (χ4n) is 3.67. The van der Waals surface area contributed by atoms with Crippen LogP contribution in [0.25, 0.3) is 10.2 Å². The third-order valence-corrected chi connectivity index (χ3v) is 6.32. The zero-order valence-corrected chi connectivity index (χ0v) is 16.2. The Morgan fingerprint density at radius 3 is 2.80 bits per heavy atom. The Kier molecular flexibility index (Phi) is 4.65. The number of hydrogen-bond donors (Lipinski definition) is 0. The Morgan fingerprint density at radius 2 is 2.04 bits per heavy atom. The molecule has 2 aromatic heterocycles. The van der Waals surface area contributed by atoms with Gasteiger partial charge in [-0.05, 0) is 54.8 Å². The molecule has 3 nitrogen and oxygen atoms in total. The smallest absolute Gasteiger partial charge is 0.225 e. The van der Waals surface area contributed by atoms with Gasteiger partial charge in [0.1, 0.15) is 10.6 Å². The molecular formula is C20H22ClN3S. The van der Waals surface area contributed by atoms with Crippen LogP contribution in [0.5, 0.6) is 0 Å². The number of nitrogens with zero attached hydrogens (tertiary/aromatic N) is 3. The highest BCUT2D eigenvalue weighted by Crippen LogP contribution is 2.41. The average molecular weight is 372 g/mol. The van der Waals surface area contributed by atoms with E-state index >= 15 is 0 Å². The number of hydrogen-bond acceptors (Lipinski definition) is 4. The molecule has 0 amide bonds. The summed E-state index contributed by atoms with van der Waals surface area (Å²) in [7, 11) is 0. The molecule has 0 spiro atoms. The summed E-state index contributed by atoms with van der Waals surface area (Å²) in [6, 6.07) is 10.5. The highest BCUT2D eigenvalue weighted by Gasteiger charge is 2.25. The van der Waals surface area contributed by atoms with Crippen LogP contribution in [0.4, 0.5) is 5.82 Å². The monoisotopic (exact) mass is 371 g/mol. The van der Waals surface area contributed by atoms with E-state index in [1.54, 1.807) is 11.3 Å². The number of aromatic nitrogens is 2. The van der Waals surface area contributed by atoms with Crippen LogP contribution in [0, 0.1) is 5.92 Å². The van der Waals surface area contributed by atoms with Crippen LogP contribution in [0.1, 0.15) is 36.3 Å². The molecule has 0 fully saturated rings. The first kappa shape index (κ1) is 16.8. The van der Waals surface area contributed by atoms with Gasteiger partial charge in [0.05, 0.1) is 5.39 Å². The third-order valence-electron chi connectivity index (χ3n) is 5.01. The van der Waals surface area contributed by atoms with Crippen LogP contribution < -0.4 is 4.90 Å². The fourth-order valence-corrected chi connectivity index (χ4v) is 5.26. The van der Waals surface area contributed by atoms with Crippen molar-refractivity contribution in [1.29, 1.82) is 0 Å². The van der Waals surface area contributed by atoms with Crippen molar-refractivity contribution < 1.29 is 0 Å². The van der Waals surface area contributed by atoms with Gasteiger partial charge in [0, 0.05) is 18.0 Å². The van der Waals surface area contributed by atoms with Crippen molar-refractivity contribution in [2.24, 2.45) is 5.92 Å². The number of fused-ring (bicyclic) bond motifs is 3. The largest absolute Gasteiger partial charge is 0.352 e. The third kappa shape index (κ3) is 3.25. The summed E-state index contributed by atoms with van der Waals surface area (Å²) in [4.78, 5) is 14.0. The molecule has 1 unspecified atom stereocenters. The van der Waals surface area contributed by atoms with E-state index in [1.165, 1.54) is 27.8 Å². The maximum Gasteiger partial charge on any atom is 0.225 e. The second-order valence-electron chi connectivity index (χ2n) is 6.85. The summed E-state index contributed by atoms with van der Waals surface area (Å²) in [5, 5.41) is 1.58. The maximum atomic E-state index is 6.28. The van der Waals surface area contributed by atoms with Gasteiger partial charge in [0.2, 0.25) is 5.28 Å². The lowest BCUT2D eigenvalue weighted by Crippen LogP contribution is -2.24. The Morgan fingerprint density at radius 1 is 1.24 bits per heavy atom. The predicted octanol–water partition coefficient (Wildman–Crippen LogP) is 5.50. The lowest BCUT2D eigenvalue weighted by Gasteiger charge is -2.24. The molecule has 0 N–H and O–H groups in total. The number of thiophene rings is 1. The topological polar surface area (TPSA) is 29.0 Å². The lowest BCUT2D eigenvalue weighted by atomic mass is 9.89. The van der Waals surface area contributed by atoms with Gasteiger partial charge in [-0.2, -0.15) is 4.98 Å². The Labute approximate surface area is 157 Å². The van der Waals surface area contributed by atoms with Crippen molar-refractivity contribution in [2.45, 2.75) is 39.7 Å². The SMILES string of the molecule is CCN(Cc1ccccc1)c1nc(Cl)nc2sc3c(c12)CCC(C)C3. The fraction of sp³-hybridized carbons (Fsp3) is 0.400. The standard InChI is InChI=1S/C20H22ClN3S/c1-3-24(12-14-7-5-4-6-8-14)18-17-15-10-9-13(2)11-16(15)25-19(17)23-20(21)22-18/h4-8,13H,3,9-12H2,1-2H3. The molecule has 0 saturated heterocycles. The minimum Gasteiger partial charge on any atom is -0.352 e. The first-order valence-electron chi connectivity index (χ1n) is 8.92. The molecule has 4 rings (SSSR count). The molecule has 3 aromatic rings. The van der Waals surface area contributed by atoms with E-state index in [0.29, 0.717) is 5.28 Å². The van der Waals surface area contributed by atoms with E-state index in [-0.39, 0.29) is 0 Å². The molecule has 2 heterocycles. The Balaban J connectivity index is 1.82. The molecule has 1 aliphatic carbocycles. The van der Waals surface area contributed by atoms with Gasteiger partial charge in [-0.25, -0.2) is 4.98 Å². The number of benzene rings is 1. The Bertz CT molecular complexity index is 891. The second-order valence-corrected chi connectivity index (χ2v) is 8.27. The summed E-state index contributed by atoms with van der Waals surface area (Å²) < 4.78 is 0. The van der Waals surface area contributed by atoms with Gasteiger partial charge in [0.25, 0.3) is 0 Å². The van der Waals surface area contributed by atoms with Gasteiger partial charge < -0.3 is 4.90 Å². The summed E-state index contributed by atoms with van der Waals surface area (Å²) in [6.07, 6.45) is 3.52. The van der Waals surface area contributed by atoms with Gasteiger partial charge in [0.15, 0.2) is 0 Å². The lowest BCUT2D eigenvalue weighted by molar-refractivity contribution is 0.509. The normalized spacial score (nSPS) is 16.8. The van der Waals surface area contributed by atoms with Crippen molar-refractivity contribution >= 4 is 39.0 Å². The van der Waals surface area contributed by atoms with E-state index in [1.807, 2.05) is 0 Å². The minimum absolute atomic E-state index is 0.348. The van der Waals surface area contributed by atoms with E-state index in [0.717, 1.165) is 42.5 Å². The van der Waals surface area contributed by atoms with E-state index in [4.69, 9.17) is 11.6 Å². The molecule has 1 aromatic carbocycles. The molecule has 0 bridgehead atoms. The molecule has 0 radical (unpaired) electrons. The number of aryl methyl sites for hydroxylation is 1. The first-order chi connectivity index (χ1) is 12.2. The van der Waals surface area contributed by atoms with Crippen LogP contribution in [0.3, 0.4) is 0 Å². The summed E-state index contributed by atoms with van der Waals surface area (Å²) in [5.41, 5.74) is 2.74. The van der Waals surface area contributed by atoms with E-state index in [9.17, 15) is 0 Å². The quantitative estimate of drug-likeness (QED) is 0.567. The Hall–Kier alpha value is -1.65. The van der Waals surface area contributed by atoms with Crippen molar-refractivity contribution in [3.05, 3.63) is 51.6 Å². The van der Waals surface area contributed by atoms with Crippen molar-refractivity contribution in [1.82, 2.24) is 9.97 Å². The van der Waals surface area contributed by atoms with Crippen LogP contribution in [-0.2, 0) is 19.4 Å². The van der Waals surface area contributed by atoms with Crippen LogP contribution >= 0.6 is 22.9 Å². The van der Waals surface area contributed by atoms with E-state index in [2.05, 4.69) is 59.0 Å². The van der Waals surface area contributed by atoms with Crippen LogP contribution in [0.15, 0.2) is 30.3 Å². The van der Waals surface area contributed by atoms with Gasteiger partial charge in [-0.1, -0.05) is 37.3 Å². The first-order valence-corrected chi connectivity index (χ1v) is 10.1. The second kappa shape index (κ2) is 6.93. The van der Waals surface area contributed by atoms with Crippen molar-refractivity contribution in [2.75, 3.05) is 11.4 Å². The highest BCUT2D eigenvalue weighted by molar-refractivity contribution is 7.19. The molecule has 130 valence electrons. The molecule has 0 aliphatic heterocycles. The summed E-state index contributed by atoms with van der Waals surface area (Å²) in [6.45, 7) is 6.23. The molecule has 5 heteroatoms. The van der Waals surface area contributed by atoms with Crippen molar-refractivity contribution in [3.63, 3.8) is 0 Å². The summed E-state index contributed by atoms with van der Waals surface area (Å²) >= 11 is 8.08. The predicted molar refractivity (Wildman–Crippen MR) is 107 cm³/mol. The number of halogens is 1. The van der Waals surface area contributed by atoms with Gasteiger partial charge in [-0.15, -0.1) is 11.3 Å².